The highest BCUT2D eigenvalue weighted by Gasteiger charge is 2.44. The van der Waals surface area contributed by atoms with Gasteiger partial charge in [0, 0.05) is 35.2 Å². The summed E-state index contributed by atoms with van der Waals surface area (Å²) < 4.78 is 10.9. The summed E-state index contributed by atoms with van der Waals surface area (Å²) in [6.45, 7) is 5.53. The first kappa shape index (κ1) is 22.5. The smallest absolute Gasteiger partial charge is 0.336 e. The molecule has 1 aromatic carbocycles. The molecule has 162 valence electrons. The van der Waals surface area contributed by atoms with E-state index in [1.54, 1.807) is 6.07 Å². The highest BCUT2D eigenvalue weighted by molar-refractivity contribution is 6.31. The van der Waals surface area contributed by atoms with Crippen LogP contribution in [0.15, 0.2) is 46.8 Å². The lowest BCUT2D eigenvalue weighted by Gasteiger charge is -2.40. The maximum Gasteiger partial charge on any atom is 0.336 e. The Bertz CT molecular complexity index is 904. The van der Waals surface area contributed by atoms with Gasteiger partial charge < -0.3 is 20.1 Å². The van der Waals surface area contributed by atoms with Crippen molar-refractivity contribution in [1.29, 1.82) is 0 Å². The lowest BCUT2D eigenvalue weighted by Crippen LogP contribution is -2.40. The van der Waals surface area contributed by atoms with Crippen LogP contribution in [0.25, 0.3) is 0 Å². The van der Waals surface area contributed by atoms with Gasteiger partial charge >= 0.3 is 5.97 Å². The van der Waals surface area contributed by atoms with E-state index in [2.05, 4.69) is 24.5 Å². The highest BCUT2D eigenvalue weighted by Crippen LogP contribution is 2.48. The van der Waals surface area contributed by atoms with Gasteiger partial charge in [0.1, 0.15) is 0 Å². The van der Waals surface area contributed by atoms with Crippen molar-refractivity contribution in [3.8, 4) is 0 Å². The summed E-state index contributed by atoms with van der Waals surface area (Å²) in [5, 5.41) is 6.89. The minimum atomic E-state index is -0.589. The molecule has 2 N–H and O–H groups in total. The molecular weight excluding hydrogens is 404 g/mol. The zero-order valence-electron chi connectivity index (χ0n) is 17.9. The van der Waals surface area contributed by atoms with Gasteiger partial charge in [0.25, 0.3) is 0 Å². The Morgan fingerprint density at radius 1 is 1.30 bits per heavy atom. The standard InChI is InChI=1S/C23H29ClN2O4/c1-23(2)11-16-20(18(27)12-23)19(14-7-5-6-8-15(14)24)21(22(28)29-4)17(26-16)13-30-10-9-25-3/h5-8,19,25-26H,9-13H2,1-4H3. The molecule has 7 heteroatoms. The van der Waals surface area contributed by atoms with Crippen LogP contribution >= 0.6 is 11.6 Å². The fourth-order valence-electron chi connectivity index (χ4n) is 4.18. The van der Waals surface area contributed by atoms with Gasteiger partial charge in [-0.05, 0) is 30.5 Å². The Kier molecular flexibility index (Phi) is 7.01. The second kappa shape index (κ2) is 9.33. The fraction of sp³-hybridized carbons (Fsp3) is 0.478. The van der Waals surface area contributed by atoms with E-state index in [4.69, 9.17) is 21.1 Å². The Balaban J connectivity index is 2.15. The molecule has 0 radical (unpaired) electrons. The molecular formula is C23H29ClN2O4. The molecule has 0 bridgehead atoms. The van der Waals surface area contributed by atoms with Crippen molar-refractivity contribution < 1.29 is 19.1 Å². The molecule has 0 fully saturated rings. The Morgan fingerprint density at radius 3 is 2.70 bits per heavy atom. The third kappa shape index (κ3) is 4.61. The second-order valence-corrected chi connectivity index (χ2v) is 8.86. The van der Waals surface area contributed by atoms with E-state index < -0.39 is 11.9 Å². The Morgan fingerprint density at radius 2 is 2.03 bits per heavy atom. The first-order valence-corrected chi connectivity index (χ1v) is 10.5. The Labute approximate surface area is 182 Å². The predicted octanol–water partition coefficient (Wildman–Crippen LogP) is 3.33. The maximum absolute atomic E-state index is 13.2. The largest absolute Gasteiger partial charge is 0.466 e. The predicted molar refractivity (Wildman–Crippen MR) is 116 cm³/mol. The zero-order valence-corrected chi connectivity index (χ0v) is 18.7. The molecule has 0 spiro atoms. The van der Waals surface area contributed by atoms with Crippen LogP contribution < -0.4 is 10.6 Å². The molecule has 1 heterocycles. The number of nitrogens with one attached hydrogen (secondary N) is 2. The number of benzene rings is 1. The van der Waals surface area contributed by atoms with Crippen molar-refractivity contribution in [1.82, 2.24) is 10.6 Å². The number of halogens is 1. The van der Waals surface area contributed by atoms with Gasteiger partial charge in [0.15, 0.2) is 5.78 Å². The number of likely N-dealkylation sites (N-methyl/N-ethyl adjacent to an activating group) is 1. The summed E-state index contributed by atoms with van der Waals surface area (Å²) >= 11 is 6.53. The molecule has 1 unspecified atom stereocenters. The number of hydrogen-bond acceptors (Lipinski definition) is 6. The van der Waals surface area contributed by atoms with Crippen molar-refractivity contribution in [3.05, 3.63) is 57.4 Å². The number of rotatable bonds is 7. The topological polar surface area (TPSA) is 76.7 Å². The van der Waals surface area contributed by atoms with E-state index >= 15 is 0 Å². The molecule has 0 amide bonds. The summed E-state index contributed by atoms with van der Waals surface area (Å²) in [5.74, 6) is -1.06. The Hall–Kier alpha value is -2.15. The number of carbonyl (C=O) groups is 2. The molecule has 30 heavy (non-hydrogen) atoms. The number of methoxy groups -OCH3 is 1. The molecule has 1 atom stereocenters. The number of carbonyl (C=O) groups excluding carboxylic acids is 2. The van der Waals surface area contributed by atoms with Gasteiger partial charge in [-0.2, -0.15) is 0 Å². The number of ketones is 1. The quantitative estimate of drug-likeness (QED) is 0.508. The average molecular weight is 433 g/mol. The van der Waals surface area contributed by atoms with E-state index in [0.717, 1.165) is 5.70 Å². The van der Waals surface area contributed by atoms with Crippen LogP contribution in [0, 0.1) is 5.41 Å². The number of Topliss-reactive ketones (excluding diaryl/α,β-unsaturated/α-hetero) is 1. The minimum Gasteiger partial charge on any atom is -0.466 e. The molecule has 6 nitrogen and oxygen atoms in total. The van der Waals surface area contributed by atoms with Crippen LogP contribution in [-0.2, 0) is 19.1 Å². The van der Waals surface area contributed by atoms with Crippen molar-refractivity contribution in [3.63, 3.8) is 0 Å². The first-order valence-electron chi connectivity index (χ1n) is 10.1. The lowest BCUT2D eigenvalue weighted by molar-refractivity contribution is -0.136. The van der Waals surface area contributed by atoms with Crippen molar-refractivity contribution in [2.75, 3.05) is 33.9 Å². The molecule has 1 aliphatic heterocycles. The van der Waals surface area contributed by atoms with E-state index in [9.17, 15) is 9.59 Å². The number of ether oxygens (including phenoxy) is 2. The van der Waals surface area contributed by atoms with E-state index in [1.165, 1.54) is 7.11 Å². The molecule has 0 saturated carbocycles. The number of dihydropyridines is 1. The average Bonchev–Trinajstić information content (AvgIpc) is 2.69. The minimum absolute atomic E-state index is 0.0234. The van der Waals surface area contributed by atoms with Gasteiger partial charge in [-0.15, -0.1) is 0 Å². The summed E-state index contributed by atoms with van der Waals surface area (Å²) in [6.07, 6.45) is 1.11. The first-order chi connectivity index (χ1) is 14.3. The lowest BCUT2D eigenvalue weighted by atomic mass is 9.68. The molecule has 0 saturated heterocycles. The van der Waals surface area contributed by atoms with Crippen LogP contribution in [0.2, 0.25) is 5.02 Å². The van der Waals surface area contributed by atoms with Gasteiger partial charge in [-0.25, -0.2) is 4.79 Å². The van der Waals surface area contributed by atoms with Crippen molar-refractivity contribution in [2.24, 2.45) is 5.41 Å². The molecule has 1 aliphatic carbocycles. The number of hydrogen-bond donors (Lipinski definition) is 2. The second-order valence-electron chi connectivity index (χ2n) is 8.45. The normalized spacial score (nSPS) is 20.7. The van der Waals surface area contributed by atoms with Crippen LogP contribution in [-0.4, -0.2) is 45.7 Å². The zero-order chi connectivity index (χ0) is 21.9. The van der Waals surface area contributed by atoms with Crippen LogP contribution in [0.5, 0.6) is 0 Å². The third-order valence-corrected chi connectivity index (χ3v) is 5.83. The molecule has 0 aromatic heterocycles. The van der Waals surface area contributed by atoms with E-state index in [-0.39, 0.29) is 17.8 Å². The summed E-state index contributed by atoms with van der Waals surface area (Å²) in [7, 11) is 3.19. The van der Waals surface area contributed by atoms with Crippen LogP contribution in [0.1, 0.15) is 38.2 Å². The maximum atomic E-state index is 13.2. The van der Waals surface area contributed by atoms with E-state index in [0.29, 0.717) is 53.4 Å². The third-order valence-electron chi connectivity index (χ3n) is 5.49. The van der Waals surface area contributed by atoms with Crippen LogP contribution in [0.3, 0.4) is 0 Å². The molecule has 3 rings (SSSR count). The van der Waals surface area contributed by atoms with Gasteiger partial charge in [0.2, 0.25) is 0 Å². The van der Waals surface area contributed by atoms with E-state index in [1.807, 2.05) is 25.2 Å². The van der Waals surface area contributed by atoms with Gasteiger partial charge in [-0.3, -0.25) is 4.79 Å². The summed E-state index contributed by atoms with van der Waals surface area (Å²) in [5.41, 5.74) is 2.97. The highest BCUT2D eigenvalue weighted by atomic mass is 35.5. The SMILES string of the molecule is CNCCOCC1=C(C(=O)OC)C(c2ccccc2Cl)C2=C(CC(C)(C)CC2=O)N1. The molecule has 2 aliphatic rings. The number of esters is 1. The van der Waals surface area contributed by atoms with Crippen molar-refractivity contribution >= 4 is 23.4 Å². The summed E-state index contributed by atoms with van der Waals surface area (Å²) in [4.78, 5) is 26.2. The fourth-order valence-corrected chi connectivity index (χ4v) is 4.43. The summed E-state index contributed by atoms with van der Waals surface area (Å²) in [6, 6.07) is 7.32. The van der Waals surface area contributed by atoms with Crippen molar-refractivity contribution in [2.45, 2.75) is 32.6 Å². The van der Waals surface area contributed by atoms with Crippen LogP contribution in [0.4, 0.5) is 0 Å². The van der Waals surface area contributed by atoms with Gasteiger partial charge in [0.05, 0.1) is 31.6 Å². The number of allylic oxidation sites excluding steroid dienone is 2. The monoisotopic (exact) mass is 432 g/mol. The van der Waals surface area contributed by atoms with Gasteiger partial charge in [-0.1, -0.05) is 43.6 Å². The molecule has 1 aromatic rings.